The zero-order valence-corrected chi connectivity index (χ0v) is 9.52. The molecule has 19 heavy (non-hydrogen) atoms. The van der Waals surface area contributed by atoms with Crippen molar-refractivity contribution in [3.8, 4) is 5.75 Å². The van der Waals surface area contributed by atoms with E-state index in [4.69, 9.17) is 0 Å². The van der Waals surface area contributed by atoms with Crippen molar-refractivity contribution in [2.75, 3.05) is 18.0 Å². The highest BCUT2D eigenvalue weighted by atomic mass is 19.3. The molecule has 8 heteroatoms. The van der Waals surface area contributed by atoms with E-state index in [0.29, 0.717) is 18.8 Å². The standard InChI is InChI=1S/C11H9F4N2O2/c12-9(13)11(14,15)19-8-3-1-7(2-4-8)17-6-5-16-10(17)18/h1-4,9H,5-6H2. The number of anilines is 1. The van der Waals surface area contributed by atoms with Crippen molar-refractivity contribution in [2.24, 2.45) is 0 Å². The van der Waals surface area contributed by atoms with Crippen molar-refractivity contribution in [3.05, 3.63) is 24.3 Å². The Balaban J connectivity index is 2.08. The monoisotopic (exact) mass is 277 g/mol. The Morgan fingerprint density at radius 2 is 1.89 bits per heavy atom. The van der Waals surface area contributed by atoms with E-state index in [1.807, 2.05) is 0 Å². The maximum Gasteiger partial charge on any atom is 0.461 e. The van der Waals surface area contributed by atoms with E-state index in [1.54, 1.807) is 0 Å². The highest BCUT2D eigenvalue weighted by Gasteiger charge is 2.43. The number of rotatable bonds is 4. The van der Waals surface area contributed by atoms with Crippen molar-refractivity contribution in [1.29, 1.82) is 0 Å². The first kappa shape index (κ1) is 13.4. The molecule has 0 aromatic heterocycles. The Kier molecular flexibility index (Phi) is 3.50. The van der Waals surface area contributed by atoms with Gasteiger partial charge in [0.2, 0.25) is 0 Å². The number of amides is 2. The molecule has 0 saturated carbocycles. The van der Waals surface area contributed by atoms with E-state index < -0.39 is 24.3 Å². The van der Waals surface area contributed by atoms with E-state index in [2.05, 4.69) is 10.1 Å². The first-order chi connectivity index (χ1) is 8.90. The smallest absolute Gasteiger partial charge is 0.428 e. The third-order valence-electron chi connectivity index (χ3n) is 2.46. The topological polar surface area (TPSA) is 43.6 Å². The van der Waals surface area contributed by atoms with E-state index in [-0.39, 0.29) is 0 Å². The number of ether oxygens (including phenoxy) is 1. The molecule has 2 amide bonds. The number of nitrogens with zero attached hydrogens (tertiary/aromatic N) is 2. The summed E-state index contributed by atoms with van der Waals surface area (Å²) >= 11 is 0. The second-order valence-corrected chi connectivity index (χ2v) is 3.77. The van der Waals surface area contributed by atoms with E-state index >= 15 is 0 Å². The van der Waals surface area contributed by atoms with Crippen molar-refractivity contribution >= 4 is 11.7 Å². The lowest BCUT2D eigenvalue weighted by Crippen LogP contribution is -2.33. The zero-order chi connectivity index (χ0) is 14.0. The molecule has 4 nitrogen and oxygen atoms in total. The fraction of sp³-hybridized carbons (Fsp3) is 0.364. The Morgan fingerprint density at radius 1 is 1.26 bits per heavy atom. The first-order valence-corrected chi connectivity index (χ1v) is 5.34. The molecule has 1 aromatic rings. The van der Waals surface area contributed by atoms with Crippen LogP contribution < -0.4 is 15.0 Å². The molecular formula is C11H9F4N2O2. The Bertz CT molecular complexity index is 464. The van der Waals surface area contributed by atoms with Crippen LogP contribution in [0.15, 0.2) is 24.3 Å². The molecule has 0 atom stereocenters. The van der Waals surface area contributed by atoms with Crippen LogP contribution in [-0.2, 0) is 0 Å². The number of hydrogen-bond donors (Lipinski definition) is 0. The maximum atomic E-state index is 12.6. The van der Waals surface area contributed by atoms with Crippen LogP contribution in [0.1, 0.15) is 0 Å². The number of hydrogen-bond acceptors (Lipinski definition) is 2. The summed E-state index contributed by atoms with van der Waals surface area (Å²) in [6.07, 6.45) is -8.45. The van der Waals surface area contributed by atoms with Gasteiger partial charge in [-0.3, -0.25) is 4.90 Å². The summed E-state index contributed by atoms with van der Waals surface area (Å²) in [7, 11) is 0. The van der Waals surface area contributed by atoms with Gasteiger partial charge in [-0.25, -0.2) is 10.1 Å². The van der Waals surface area contributed by atoms with Gasteiger partial charge in [-0.2, -0.15) is 17.6 Å². The average Bonchev–Trinajstić information content (AvgIpc) is 2.76. The first-order valence-electron chi connectivity index (χ1n) is 5.34. The van der Waals surface area contributed by atoms with Crippen LogP contribution in [0, 0.1) is 0 Å². The van der Waals surface area contributed by atoms with Crippen LogP contribution in [0.25, 0.3) is 0 Å². The van der Waals surface area contributed by atoms with E-state index in [1.165, 1.54) is 17.0 Å². The number of carbonyl (C=O) groups excluding carboxylic acids is 1. The normalized spacial score (nSPS) is 15.8. The van der Waals surface area contributed by atoms with Crippen molar-refractivity contribution in [1.82, 2.24) is 5.32 Å². The summed E-state index contributed by atoms with van der Waals surface area (Å²) in [6.45, 7) is 0.757. The van der Waals surface area contributed by atoms with Gasteiger partial charge in [0.1, 0.15) is 5.75 Å². The fourth-order valence-corrected chi connectivity index (χ4v) is 1.56. The predicted molar refractivity (Wildman–Crippen MR) is 57.8 cm³/mol. The minimum Gasteiger partial charge on any atom is -0.428 e. The van der Waals surface area contributed by atoms with Crippen molar-refractivity contribution < 1.29 is 27.1 Å². The molecular weight excluding hydrogens is 268 g/mol. The molecule has 0 bridgehead atoms. The predicted octanol–water partition coefficient (Wildman–Crippen LogP) is 2.47. The molecule has 0 spiro atoms. The summed E-state index contributed by atoms with van der Waals surface area (Å²) in [5, 5.41) is 3.64. The second-order valence-electron chi connectivity index (χ2n) is 3.77. The number of alkyl halides is 4. The SMILES string of the molecule is O=C1[N]CCN1c1ccc(OC(F)(F)C(F)F)cc1. The molecule has 0 aliphatic carbocycles. The summed E-state index contributed by atoms with van der Waals surface area (Å²) in [6, 6.07) is 4.42. The van der Waals surface area contributed by atoms with Gasteiger partial charge in [0.25, 0.3) is 0 Å². The third-order valence-corrected chi connectivity index (χ3v) is 2.46. The maximum absolute atomic E-state index is 12.6. The second kappa shape index (κ2) is 4.94. The van der Waals surface area contributed by atoms with Gasteiger partial charge in [-0.1, -0.05) is 0 Å². The molecule has 1 radical (unpaired) electrons. The molecule has 0 unspecified atom stereocenters. The summed E-state index contributed by atoms with van der Waals surface area (Å²) < 4.78 is 53.1. The van der Waals surface area contributed by atoms with Crippen LogP contribution in [0.2, 0.25) is 0 Å². The minimum atomic E-state index is -4.54. The Labute approximate surface area is 105 Å². The zero-order valence-electron chi connectivity index (χ0n) is 9.52. The van der Waals surface area contributed by atoms with Gasteiger partial charge < -0.3 is 4.74 Å². The Hall–Kier alpha value is -1.99. The molecule has 1 fully saturated rings. The Morgan fingerprint density at radius 3 is 2.37 bits per heavy atom. The number of benzene rings is 1. The van der Waals surface area contributed by atoms with E-state index in [9.17, 15) is 22.4 Å². The van der Waals surface area contributed by atoms with Gasteiger partial charge in [-0.05, 0) is 24.3 Å². The highest BCUT2D eigenvalue weighted by molar-refractivity contribution is 5.93. The van der Waals surface area contributed by atoms with Gasteiger partial charge in [0, 0.05) is 12.2 Å². The number of urea groups is 1. The number of carbonyl (C=O) groups is 1. The highest BCUT2D eigenvalue weighted by Crippen LogP contribution is 2.29. The van der Waals surface area contributed by atoms with Crippen LogP contribution in [0.3, 0.4) is 0 Å². The van der Waals surface area contributed by atoms with Crippen LogP contribution >= 0.6 is 0 Å². The molecule has 2 rings (SSSR count). The van der Waals surface area contributed by atoms with Crippen molar-refractivity contribution in [3.63, 3.8) is 0 Å². The lowest BCUT2D eigenvalue weighted by Gasteiger charge is -2.18. The van der Waals surface area contributed by atoms with E-state index in [0.717, 1.165) is 12.1 Å². The fourth-order valence-electron chi connectivity index (χ4n) is 1.56. The molecule has 1 aliphatic heterocycles. The van der Waals surface area contributed by atoms with Gasteiger partial charge in [0.05, 0.1) is 6.54 Å². The molecule has 1 aliphatic rings. The van der Waals surface area contributed by atoms with Crippen LogP contribution in [0.5, 0.6) is 5.75 Å². The summed E-state index contributed by atoms with van der Waals surface area (Å²) in [4.78, 5) is 12.6. The summed E-state index contributed by atoms with van der Waals surface area (Å²) in [5.74, 6) is -0.405. The third kappa shape index (κ3) is 2.88. The largest absolute Gasteiger partial charge is 0.461 e. The van der Waals surface area contributed by atoms with Gasteiger partial charge in [-0.15, -0.1) is 0 Å². The molecule has 0 N–H and O–H groups in total. The lowest BCUT2D eigenvalue weighted by molar-refractivity contribution is -0.253. The van der Waals surface area contributed by atoms with Crippen molar-refractivity contribution in [2.45, 2.75) is 12.5 Å². The quantitative estimate of drug-likeness (QED) is 0.793. The van der Waals surface area contributed by atoms with Crippen LogP contribution in [-0.4, -0.2) is 31.7 Å². The molecule has 1 saturated heterocycles. The molecule has 103 valence electrons. The lowest BCUT2D eigenvalue weighted by atomic mass is 10.3. The minimum absolute atomic E-state index is 0.362. The van der Waals surface area contributed by atoms with Gasteiger partial charge >= 0.3 is 18.6 Å². The number of halogens is 4. The van der Waals surface area contributed by atoms with Crippen LogP contribution in [0.4, 0.5) is 28.0 Å². The molecule has 1 aromatic carbocycles. The van der Waals surface area contributed by atoms with Gasteiger partial charge in [0.15, 0.2) is 0 Å². The molecule has 1 heterocycles. The summed E-state index contributed by atoms with van der Waals surface area (Å²) in [5.41, 5.74) is 0.443. The average molecular weight is 277 g/mol.